The number of amides is 2. The second kappa shape index (κ2) is 11.6. The molecule has 2 aromatic carbocycles. The van der Waals surface area contributed by atoms with Gasteiger partial charge in [-0.25, -0.2) is 0 Å². The van der Waals surface area contributed by atoms with E-state index in [9.17, 15) is 14.4 Å². The predicted octanol–water partition coefficient (Wildman–Crippen LogP) is 4.35. The molecule has 0 radical (unpaired) electrons. The summed E-state index contributed by atoms with van der Waals surface area (Å²) in [7, 11) is 4.49. The molecule has 2 atom stereocenters. The number of ether oxygens (including phenoxy) is 5. The van der Waals surface area contributed by atoms with Crippen molar-refractivity contribution in [3.63, 3.8) is 0 Å². The second-order valence-electron chi connectivity index (χ2n) is 11.9. The Labute approximate surface area is 245 Å². The fraction of sp³-hybridized carbons (Fsp3) is 0.469. The molecule has 10 heteroatoms. The molecule has 224 valence electrons. The van der Waals surface area contributed by atoms with Crippen LogP contribution in [-0.4, -0.2) is 50.8 Å². The third-order valence-corrected chi connectivity index (χ3v) is 8.34. The first-order valence-electron chi connectivity index (χ1n) is 14.1. The molecule has 0 unspecified atom stereocenters. The van der Waals surface area contributed by atoms with Gasteiger partial charge in [0.2, 0.25) is 18.6 Å². The highest BCUT2D eigenvalue weighted by Gasteiger charge is 2.57. The lowest BCUT2D eigenvalue weighted by molar-refractivity contribution is -0.162. The molecule has 0 aromatic heterocycles. The van der Waals surface area contributed by atoms with E-state index in [0.29, 0.717) is 41.5 Å². The summed E-state index contributed by atoms with van der Waals surface area (Å²) in [5.74, 6) is 0.833. The molecule has 3 aliphatic rings. The summed E-state index contributed by atoms with van der Waals surface area (Å²) in [6.45, 7) is 4.84. The van der Waals surface area contributed by atoms with Crippen molar-refractivity contribution >= 4 is 17.8 Å². The zero-order valence-electron chi connectivity index (χ0n) is 24.8. The van der Waals surface area contributed by atoms with Gasteiger partial charge in [-0.15, -0.1) is 0 Å². The number of likely N-dealkylation sites (tertiary alicyclic amines) is 1. The largest absolute Gasteiger partial charge is 0.493 e. The number of benzene rings is 2. The normalized spacial score (nSPS) is 22.1. The SMILES string of the molecule is COC(=O)[C@@]12C[C@@H](CC(=O)NCc3ccc(OC)c(OC)c3)C(=O)N(Cc3ccc4c(c3)OCO4)C1=CCC(C)(C)C2. The Hall–Kier alpha value is -4.21. The first-order valence-corrected chi connectivity index (χ1v) is 14.1. The molecule has 2 aromatic rings. The standard InChI is InChI=1S/C32H38N2O8/c1-31(2)11-10-27-32(18-31,30(37)40-5)15-22(14-28(35)33-16-20-6-8-23(38-3)25(12-20)39-4)29(36)34(27)17-21-7-9-24-26(13-21)42-19-41-24/h6-10,12-13,22H,11,14-19H2,1-5H3,(H,33,35)/t22-,32-/m1/s1. The van der Waals surface area contributed by atoms with E-state index in [0.717, 1.165) is 11.1 Å². The van der Waals surface area contributed by atoms with Crippen LogP contribution in [0.25, 0.3) is 0 Å². The Morgan fingerprint density at radius 2 is 1.74 bits per heavy atom. The first-order chi connectivity index (χ1) is 20.1. The first kappa shape index (κ1) is 29.3. The molecule has 2 heterocycles. The van der Waals surface area contributed by atoms with Crippen LogP contribution in [0.4, 0.5) is 0 Å². The minimum Gasteiger partial charge on any atom is -0.493 e. The Balaban J connectivity index is 1.41. The van der Waals surface area contributed by atoms with Gasteiger partial charge in [0.15, 0.2) is 23.0 Å². The van der Waals surface area contributed by atoms with E-state index in [1.807, 2.05) is 30.3 Å². The fourth-order valence-electron chi connectivity index (χ4n) is 6.43. The van der Waals surface area contributed by atoms with Crippen molar-refractivity contribution in [3.05, 3.63) is 59.3 Å². The maximum absolute atomic E-state index is 14.1. The highest BCUT2D eigenvalue weighted by molar-refractivity contribution is 5.92. The van der Waals surface area contributed by atoms with Crippen LogP contribution in [0.15, 0.2) is 48.2 Å². The van der Waals surface area contributed by atoms with Crippen LogP contribution in [0.5, 0.6) is 23.0 Å². The van der Waals surface area contributed by atoms with Gasteiger partial charge in [-0.05, 0) is 60.1 Å². The maximum atomic E-state index is 14.1. The number of esters is 1. The van der Waals surface area contributed by atoms with Crippen molar-refractivity contribution in [2.24, 2.45) is 16.7 Å². The average molecular weight is 579 g/mol. The summed E-state index contributed by atoms with van der Waals surface area (Å²) in [5, 5.41) is 2.93. The number of nitrogens with one attached hydrogen (secondary N) is 1. The van der Waals surface area contributed by atoms with E-state index < -0.39 is 11.3 Å². The second-order valence-corrected chi connectivity index (χ2v) is 11.9. The van der Waals surface area contributed by atoms with E-state index in [1.54, 1.807) is 31.3 Å². The third kappa shape index (κ3) is 5.62. The summed E-state index contributed by atoms with van der Waals surface area (Å²) < 4.78 is 27.0. The van der Waals surface area contributed by atoms with Gasteiger partial charge in [-0.2, -0.15) is 0 Å². The van der Waals surface area contributed by atoms with Crippen molar-refractivity contribution in [2.75, 3.05) is 28.1 Å². The van der Waals surface area contributed by atoms with Crippen molar-refractivity contribution in [1.82, 2.24) is 10.2 Å². The maximum Gasteiger partial charge on any atom is 0.317 e. The number of nitrogens with zero attached hydrogens (tertiary/aromatic N) is 1. The highest BCUT2D eigenvalue weighted by atomic mass is 16.7. The number of piperidine rings is 1. The third-order valence-electron chi connectivity index (χ3n) is 8.34. The number of methoxy groups -OCH3 is 3. The molecule has 0 bridgehead atoms. The lowest BCUT2D eigenvalue weighted by Gasteiger charge is -2.51. The molecule has 2 aliphatic heterocycles. The lowest BCUT2D eigenvalue weighted by atomic mass is 9.59. The zero-order valence-corrected chi connectivity index (χ0v) is 24.8. The molecule has 0 spiro atoms. The van der Waals surface area contributed by atoms with Crippen LogP contribution in [0.3, 0.4) is 0 Å². The summed E-state index contributed by atoms with van der Waals surface area (Å²) in [5.41, 5.74) is 1.07. The fourth-order valence-corrected chi connectivity index (χ4v) is 6.43. The summed E-state index contributed by atoms with van der Waals surface area (Å²) in [6.07, 6.45) is 3.36. The smallest absolute Gasteiger partial charge is 0.317 e. The Morgan fingerprint density at radius 3 is 2.48 bits per heavy atom. The summed E-state index contributed by atoms with van der Waals surface area (Å²) >= 11 is 0. The van der Waals surface area contributed by atoms with Gasteiger partial charge in [-0.1, -0.05) is 32.1 Å². The van der Waals surface area contributed by atoms with Crippen LogP contribution in [0.2, 0.25) is 0 Å². The van der Waals surface area contributed by atoms with Gasteiger partial charge in [0.1, 0.15) is 5.41 Å². The zero-order chi connectivity index (χ0) is 30.1. The predicted molar refractivity (Wildman–Crippen MR) is 153 cm³/mol. The highest BCUT2D eigenvalue weighted by Crippen LogP contribution is 2.55. The summed E-state index contributed by atoms with van der Waals surface area (Å²) in [6, 6.07) is 11.0. The molecule has 10 nitrogen and oxygen atoms in total. The Morgan fingerprint density at radius 1 is 1.00 bits per heavy atom. The van der Waals surface area contributed by atoms with Gasteiger partial charge >= 0.3 is 5.97 Å². The van der Waals surface area contributed by atoms with E-state index in [4.69, 9.17) is 23.7 Å². The monoisotopic (exact) mass is 578 g/mol. The molecule has 1 aliphatic carbocycles. The van der Waals surface area contributed by atoms with E-state index in [-0.39, 0.29) is 55.9 Å². The minimum absolute atomic E-state index is 0.0593. The van der Waals surface area contributed by atoms with Crippen LogP contribution < -0.4 is 24.3 Å². The summed E-state index contributed by atoms with van der Waals surface area (Å²) in [4.78, 5) is 42.5. The molecule has 5 rings (SSSR count). The van der Waals surface area contributed by atoms with E-state index >= 15 is 0 Å². The van der Waals surface area contributed by atoms with Gasteiger partial charge in [0, 0.05) is 24.6 Å². The minimum atomic E-state index is -1.05. The van der Waals surface area contributed by atoms with E-state index in [1.165, 1.54) is 7.11 Å². The van der Waals surface area contributed by atoms with Crippen LogP contribution >= 0.6 is 0 Å². The van der Waals surface area contributed by atoms with Crippen molar-refractivity contribution < 1.29 is 38.1 Å². The van der Waals surface area contributed by atoms with Crippen molar-refractivity contribution in [3.8, 4) is 23.0 Å². The topological polar surface area (TPSA) is 113 Å². The van der Waals surface area contributed by atoms with Crippen LogP contribution in [0, 0.1) is 16.7 Å². The van der Waals surface area contributed by atoms with Gasteiger partial charge in [0.25, 0.3) is 0 Å². The molecule has 0 saturated carbocycles. The number of allylic oxidation sites excluding steroid dienone is 1. The number of fused-ring (bicyclic) bond motifs is 2. The number of carbonyl (C=O) groups is 3. The van der Waals surface area contributed by atoms with Crippen molar-refractivity contribution in [2.45, 2.75) is 52.6 Å². The Bertz CT molecular complexity index is 1420. The Kier molecular flexibility index (Phi) is 8.08. The van der Waals surface area contributed by atoms with Gasteiger partial charge in [0.05, 0.1) is 27.9 Å². The molecule has 2 amide bonds. The van der Waals surface area contributed by atoms with E-state index in [2.05, 4.69) is 19.2 Å². The number of hydrogen-bond acceptors (Lipinski definition) is 8. The number of hydrogen-bond donors (Lipinski definition) is 1. The quantitative estimate of drug-likeness (QED) is 0.437. The van der Waals surface area contributed by atoms with Gasteiger partial charge < -0.3 is 33.9 Å². The molecule has 42 heavy (non-hydrogen) atoms. The number of rotatable bonds is 9. The lowest BCUT2D eigenvalue weighted by Crippen LogP contribution is -2.55. The molecule has 1 fully saturated rings. The molecule has 1 saturated heterocycles. The van der Waals surface area contributed by atoms with Crippen molar-refractivity contribution in [1.29, 1.82) is 0 Å². The molecular formula is C32H38N2O8. The number of carbonyl (C=O) groups excluding carboxylic acids is 3. The molecular weight excluding hydrogens is 540 g/mol. The van der Waals surface area contributed by atoms with Crippen LogP contribution in [-0.2, 0) is 32.2 Å². The van der Waals surface area contributed by atoms with Gasteiger partial charge in [-0.3, -0.25) is 14.4 Å². The van der Waals surface area contributed by atoms with Crippen LogP contribution in [0.1, 0.15) is 50.7 Å². The average Bonchev–Trinajstić information content (AvgIpc) is 3.45. The molecule has 1 N–H and O–H groups in total.